The van der Waals surface area contributed by atoms with Crippen molar-refractivity contribution in [3.8, 4) is 0 Å². The van der Waals surface area contributed by atoms with Crippen LogP contribution in [0, 0.1) is 0 Å². The third kappa shape index (κ3) is 2.91. The summed E-state index contributed by atoms with van der Waals surface area (Å²) in [5, 5.41) is 11.1. The summed E-state index contributed by atoms with van der Waals surface area (Å²) in [6, 6.07) is 3.86. The van der Waals surface area contributed by atoms with Crippen molar-refractivity contribution in [3.05, 3.63) is 36.3 Å². The van der Waals surface area contributed by atoms with Crippen molar-refractivity contribution in [2.24, 2.45) is 5.73 Å². The Morgan fingerprint density at radius 2 is 2.15 bits per heavy atom. The number of hydrogen-bond acceptors (Lipinski definition) is 4. The number of amides is 2. The van der Waals surface area contributed by atoms with Gasteiger partial charge in [-0.25, -0.2) is 9.78 Å². The molecular weight excluding hydrogens is 264 g/mol. The van der Waals surface area contributed by atoms with Crippen LogP contribution in [0.4, 0.5) is 0 Å². The number of primary amides is 1. The molecule has 104 valence electrons. The highest BCUT2D eigenvalue weighted by molar-refractivity contribution is 5.96. The molecule has 4 N–H and O–H groups in total. The van der Waals surface area contributed by atoms with Crippen LogP contribution < -0.4 is 11.1 Å². The van der Waals surface area contributed by atoms with Crippen molar-refractivity contribution >= 4 is 23.4 Å². The van der Waals surface area contributed by atoms with Gasteiger partial charge in [-0.15, -0.1) is 0 Å². The lowest BCUT2D eigenvalue weighted by molar-refractivity contribution is -0.140. The van der Waals surface area contributed by atoms with Crippen molar-refractivity contribution in [1.82, 2.24) is 14.7 Å². The van der Waals surface area contributed by atoms with E-state index in [0.717, 1.165) is 0 Å². The van der Waals surface area contributed by atoms with E-state index in [4.69, 9.17) is 10.8 Å². The van der Waals surface area contributed by atoms with E-state index in [1.807, 2.05) is 0 Å². The smallest absolute Gasteiger partial charge is 0.326 e. The van der Waals surface area contributed by atoms with Gasteiger partial charge in [-0.1, -0.05) is 6.07 Å². The van der Waals surface area contributed by atoms with Gasteiger partial charge in [0, 0.05) is 12.4 Å². The number of carboxylic acids is 1. The van der Waals surface area contributed by atoms with Crippen molar-refractivity contribution in [1.29, 1.82) is 0 Å². The van der Waals surface area contributed by atoms with E-state index in [9.17, 15) is 14.4 Å². The summed E-state index contributed by atoms with van der Waals surface area (Å²) in [6.07, 6.45) is 2.69. The summed E-state index contributed by atoms with van der Waals surface area (Å²) in [5.41, 5.74) is 5.55. The molecule has 0 saturated carbocycles. The molecule has 0 bridgehead atoms. The van der Waals surface area contributed by atoms with Gasteiger partial charge in [-0.2, -0.15) is 0 Å². The Hall–Kier alpha value is -2.90. The zero-order chi connectivity index (χ0) is 14.7. The maximum Gasteiger partial charge on any atom is 0.326 e. The van der Waals surface area contributed by atoms with Crippen molar-refractivity contribution < 1.29 is 19.5 Å². The number of fused-ring (bicyclic) bond motifs is 1. The first kappa shape index (κ1) is 13.5. The topological polar surface area (TPSA) is 127 Å². The Morgan fingerprint density at radius 3 is 2.75 bits per heavy atom. The van der Waals surface area contributed by atoms with Crippen LogP contribution in [0.3, 0.4) is 0 Å². The molecule has 0 aromatic carbocycles. The molecule has 2 rings (SSSR count). The molecule has 0 aliphatic heterocycles. The Balaban J connectivity index is 2.17. The summed E-state index contributed by atoms with van der Waals surface area (Å²) in [6.45, 7) is 0. The third-order valence-electron chi connectivity index (χ3n) is 2.61. The number of carbonyl (C=O) groups excluding carboxylic acids is 2. The highest BCUT2D eigenvalue weighted by Crippen LogP contribution is 2.05. The van der Waals surface area contributed by atoms with E-state index in [-0.39, 0.29) is 5.69 Å². The monoisotopic (exact) mass is 276 g/mol. The van der Waals surface area contributed by atoms with E-state index >= 15 is 0 Å². The number of carbonyl (C=O) groups is 3. The number of aliphatic carboxylic acids is 1. The van der Waals surface area contributed by atoms with Crippen LogP contribution in [0.2, 0.25) is 0 Å². The average molecular weight is 276 g/mol. The van der Waals surface area contributed by atoms with Gasteiger partial charge in [0.1, 0.15) is 17.4 Å². The number of nitrogens with two attached hydrogens (primary N) is 1. The third-order valence-corrected chi connectivity index (χ3v) is 2.61. The summed E-state index contributed by atoms with van der Waals surface area (Å²) in [4.78, 5) is 37.6. The second kappa shape index (κ2) is 5.39. The lowest BCUT2D eigenvalue weighted by atomic mass is 10.2. The van der Waals surface area contributed by atoms with Gasteiger partial charge >= 0.3 is 5.97 Å². The van der Waals surface area contributed by atoms with Crippen molar-refractivity contribution in [2.45, 2.75) is 12.5 Å². The maximum atomic E-state index is 11.9. The number of carboxylic acid groups (broad SMARTS) is 1. The lowest BCUT2D eigenvalue weighted by Crippen LogP contribution is -2.43. The Labute approximate surface area is 113 Å². The number of pyridine rings is 1. The molecule has 2 amide bonds. The molecule has 1 unspecified atom stereocenters. The van der Waals surface area contributed by atoms with Crippen LogP contribution in [0.15, 0.2) is 30.6 Å². The van der Waals surface area contributed by atoms with Crippen LogP contribution >= 0.6 is 0 Å². The van der Waals surface area contributed by atoms with E-state index in [1.54, 1.807) is 28.8 Å². The molecular formula is C12H12N4O4. The largest absolute Gasteiger partial charge is 0.480 e. The van der Waals surface area contributed by atoms with Crippen LogP contribution in [0.5, 0.6) is 0 Å². The highest BCUT2D eigenvalue weighted by atomic mass is 16.4. The number of hydrogen-bond donors (Lipinski definition) is 3. The molecule has 0 aliphatic carbocycles. The normalized spacial score (nSPS) is 12.0. The number of nitrogens with zero attached hydrogens (tertiary/aromatic N) is 2. The molecule has 8 heteroatoms. The van der Waals surface area contributed by atoms with E-state index in [1.165, 1.54) is 6.20 Å². The van der Waals surface area contributed by atoms with Crippen molar-refractivity contribution in [3.63, 3.8) is 0 Å². The minimum atomic E-state index is -1.37. The quantitative estimate of drug-likeness (QED) is 0.671. The van der Waals surface area contributed by atoms with Gasteiger partial charge < -0.3 is 20.6 Å². The minimum Gasteiger partial charge on any atom is -0.480 e. The fraction of sp³-hybridized carbons (Fsp3) is 0.167. The van der Waals surface area contributed by atoms with Gasteiger partial charge in [-0.3, -0.25) is 9.59 Å². The predicted molar refractivity (Wildman–Crippen MR) is 67.9 cm³/mol. The molecule has 2 heterocycles. The van der Waals surface area contributed by atoms with E-state index < -0.39 is 30.2 Å². The van der Waals surface area contributed by atoms with Gasteiger partial charge in [0.15, 0.2) is 0 Å². The standard InChI is InChI=1S/C12H12N4O4/c13-9(17)5-7(12(19)20)15-11(18)8-6-16-4-2-1-3-10(16)14-8/h1-4,6-7H,5H2,(H2,13,17)(H,15,18)(H,19,20). The van der Waals surface area contributed by atoms with Crippen LogP contribution in [0.25, 0.3) is 5.65 Å². The van der Waals surface area contributed by atoms with E-state index in [2.05, 4.69) is 10.3 Å². The average Bonchev–Trinajstić information content (AvgIpc) is 2.81. The minimum absolute atomic E-state index is 0.0620. The van der Waals surface area contributed by atoms with Crippen LogP contribution in [0.1, 0.15) is 16.9 Å². The van der Waals surface area contributed by atoms with Gasteiger partial charge in [0.05, 0.1) is 6.42 Å². The summed E-state index contributed by atoms with van der Waals surface area (Å²) < 4.78 is 1.62. The van der Waals surface area contributed by atoms with Crippen LogP contribution in [-0.2, 0) is 9.59 Å². The maximum absolute atomic E-state index is 11.9. The Morgan fingerprint density at radius 1 is 1.40 bits per heavy atom. The molecule has 0 saturated heterocycles. The molecule has 1 atom stereocenters. The molecule has 20 heavy (non-hydrogen) atoms. The fourth-order valence-corrected chi connectivity index (χ4v) is 1.68. The number of aromatic nitrogens is 2. The SMILES string of the molecule is NC(=O)CC(NC(=O)c1cn2ccccc2n1)C(=O)O. The van der Waals surface area contributed by atoms with Gasteiger partial charge in [-0.05, 0) is 12.1 Å². The zero-order valence-electron chi connectivity index (χ0n) is 10.3. The summed E-state index contributed by atoms with van der Waals surface area (Å²) >= 11 is 0. The number of imidazole rings is 1. The zero-order valence-corrected chi connectivity index (χ0v) is 10.3. The molecule has 2 aromatic rings. The highest BCUT2D eigenvalue weighted by Gasteiger charge is 2.23. The Bertz CT molecular complexity index is 646. The lowest BCUT2D eigenvalue weighted by Gasteiger charge is -2.11. The molecule has 2 aromatic heterocycles. The number of rotatable bonds is 5. The molecule has 0 radical (unpaired) electrons. The Kier molecular flexibility index (Phi) is 3.65. The van der Waals surface area contributed by atoms with Crippen LogP contribution in [-0.4, -0.2) is 38.3 Å². The second-order valence-corrected chi connectivity index (χ2v) is 4.13. The summed E-state index contributed by atoms with van der Waals surface area (Å²) in [7, 11) is 0. The predicted octanol–water partition coefficient (Wildman–Crippen LogP) is -0.607. The molecule has 0 aliphatic rings. The van der Waals surface area contributed by atoms with E-state index in [0.29, 0.717) is 5.65 Å². The first-order valence-corrected chi connectivity index (χ1v) is 5.73. The van der Waals surface area contributed by atoms with Gasteiger partial charge in [0.25, 0.3) is 5.91 Å². The first-order valence-electron chi connectivity index (χ1n) is 5.73. The molecule has 0 spiro atoms. The molecule has 8 nitrogen and oxygen atoms in total. The molecule has 0 fully saturated rings. The second-order valence-electron chi connectivity index (χ2n) is 4.13. The fourth-order valence-electron chi connectivity index (χ4n) is 1.68. The first-order chi connectivity index (χ1) is 9.47. The van der Waals surface area contributed by atoms with Gasteiger partial charge in [0.2, 0.25) is 5.91 Å². The number of nitrogens with one attached hydrogen (secondary N) is 1. The van der Waals surface area contributed by atoms with Crippen molar-refractivity contribution in [2.75, 3.05) is 0 Å². The summed E-state index contributed by atoms with van der Waals surface area (Å²) in [5.74, 6) is -2.82.